The van der Waals surface area contributed by atoms with Gasteiger partial charge in [-0.25, -0.2) is 16.8 Å². The van der Waals surface area contributed by atoms with E-state index in [1.165, 1.54) is 10.4 Å². The van der Waals surface area contributed by atoms with Gasteiger partial charge in [0.05, 0.1) is 17.2 Å². The number of nitrogens with zero attached hydrogens (tertiary/aromatic N) is 1. The van der Waals surface area contributed by atoms with Crippen molar-refractivity contribution in [2.75, 3.05) is 37.0 Å². The van der Waals surface area contributed by atoms with Crippen LogP contribution in [-0.4, -0.2) is 52.8 Å². The first kappa shape index (κ1) is 15.3. The molecule has 0 bridgehead atoms. The number of sulfonamides is 1. The number of hydrogen-bond donors (Lipinski definition) is 1. The smallest absolute Gasteiger partial charge is 0.245 e. The van der Waals surface area contributed by atoms with Crippen LogP contribution < -0.4 is 5.32 Å². The van der Waals surface area contributed by atoms with E-state index >= 15 is 0 Å². The van der Waals surface area contributed by atoms with Crippen molar-refractivity contribution in [2.24, 2.45) is 0 Å². The normalized spacial score (nSPS) is 20.2. The second-order valence-corrected chi connectivity index (χ2v) is 8.87. The van der Waals surface area contributed by atoms with Gasteiger partial charge in [-0.1, -0.05) is 12.1 Å². The Balaban J connectivity index is 2.35. The summed E-state index contributed by atoms with van der Waals surface area (Å²) in [5, 5.41) is 2.85. The lowest BCUT2D eigenvalue weighted by molar-refractivity contribution is 0.435. The molecule has 0 unspecified atom stereocenters. The molecule has 1 saturated heterocycles. The summed E-state index contributed by atoms with van der Waals surface area (Å²) in [7, 11) is -5.15. The summed E-state index contributed by atoms with van der Waals surface area (Å²) < 4.78 is 49.6. The van der Waals surface area contributed by atoms with Gasteiger partial charge in [0.15, 0.2) is 9.84 Å². The van der Waals surface area contributed by atoms with Crippen LogP contribution in [0.2, 0.25) is 0 Å². The lowest BCUT2D eigenvalue weighted by Gasteiger charge is -2.21. The number of hydrogen-bond acceptors (Lipinski definition) is 5. The second kappa shape index (κ2) is 5.71. The van der Waals surface area contributed by atoms with Crippen LogP contribution in [0.15, 0.2) is 29.2 Å². The summed E-state index contributed by atoms with van der Waals surface area (Å²) in [6, 6.07) is 6.61. The van der Waals surface area contributed by atoms with Gasteiger partial charge < -0.3 is 5.32 Å². The van der Waals surface area contributed by atoms with Crippen molar-refractivity contribution < 1.29 is 16.8 Å². The van der Waals surface area contributed by atoms with Crippen molar-refractivity contribution in [3.8, 4) is 0 Å². The van der Waals surface area contributed by atoms with E-state index < -0.39 is 19.9 Å². The Morgan fingerprint density at radius 3 is 2.55 bits per heavy atom. The monoisotopic (exact) mass is 318 g/mol. The highest BCUT2D eigenvalue weighted by Gasteiger charge is 2.30. The average Bonchev–Trinajstić information content (AvgIpc) is 2.60. The van der Waals surface area contributed by atoms with E-state index in [0.717, 1.165) is 0 Å². The van der Waals surface area contributed by atoms with E-state index in [1.807, 2.05) is 0 Å². The van der Waals surface area contributed by atoms with Gasteiger partial charge in [0, 0.05) is 20.1 Å². The summed E-state index contributed by atoms with van der Waals surface area (Å²) in [6.45, 7) is 0.252. The van der Waals surface area contributed by atoms with E-state index in [2.05, 4.69) is 5.32 Å². The fourth-order valence-electron chi connectivity index (χ4n) is 2.19. The summed E-state index contributed by atoms with van der Waals surface area (Å²) >= 11 is 0. The second-order valence-electron chi connectivity index (χ2n) is 4.66. The molecule has 1 aliphatic heterocycles. The van der Waals surface area contributed by atoms with Crippen molar-refractivity contribution in [1.82, 2.24) is 4.31 Å². The predicted molar refractivity (Wildman–Crippen MR) is 78.0 cm³/mol. The first-order chi connectivity index (χ1) is 9.37. The third-order valence-corrected chi connectivity index (χ3v) is 6.96. The minimum absolute atomic E-state index is 0.0166. The maximum Gasteiger partial charge on any atom is 0.245 e. The largest absolute Gasteiger partial charge is 0.387 e. The van der Waals surface area contributed by atoms with Crippen molar-refractivity contribution in [1.29, 1.82) is 0 Å². The minimum atomic E-state index is -3.67. The molecule has 0 radical (unpaired) electrons. The van der Waals surface area contributed by atoms with Gasteiger partial charge in [0.1, 0.15) is 4.90 Å². The molecule has 1 aromatic carbocycles. The molecule has 1 fully saturated rings. The van der Waals surface area contributed by atoms with Gasteiger partial charge in [-0.2, -0.15) is 4.31 Å². The highest BCUT2D eigenvalue weighted by Crippen LogP contribution is 2.25. The van der Waals surface area contributed by atoms with Crippen LogP contribution in [0.5, 0.6) is 0 Å². The first-order valence-electron chi connectivity index (χ1n) is 6.34. The van der Waals surface area contributed by atoms with Crippen LogP contribution in [0.3, 0.4) is 0 Å². The molecule has 2 rings (SSSR count). The van der Waals surface area contributed by atoms with E-state index in [1.54, 1.807) is 25.2 Å². The van der Waals surface area contributed by atoms with Crippen LogP contribution in [0, 0.1) is 0 Å². The lowest BCUT2D eigenvalue weighted by atomic mass is 10.3. The van der Waals surface area contributed by atoms with Crippen LogP contribution in [-0.2, 0) is 19.9 Å². The summed E-state index contributed by atoms with van der Waals surface area (Å²) in [4.78, 5) is 0.182. The Hall–Kier alpha value is -1.12. The van der Waals surface area contributed by atoms with Crippen molar-refractivity contribution >= 4 is 25.5 Å². The van der Waals surface area contributed by atoms with Crippen molar-refractivity contribution in [3.63, 3.8) is 0 Å². The van der Waals surface area contributed by atoms with E-state index in [-0.39, 0.29) is 29.5 Å². The van der Waals surface area contributed by atoms with Gasteiger partial charge >= 0.3 is 0 Å². The number of benzene rings is 1. The molecule has 0 spiro atoms. The SMILES string of the molecule is CNc1ccccc1S(=O)(=O)N1CCCS(=O)(=O)CC1. The third-order valence-electron chi connectivity index (χ3n) is 3.29. The number of para-hydroxylation sites is 1. The van der Waals surface area contributed by atoms with Crippen molar-refractivity contribution in [2.45, 2.75) is 11.3 Å². The number of sulfone groups is 1. The zero-order valence-electron chi connectivity index (χ0n) is 11.2. The Labute approximate surface area is 119 Å². The molecule has 1 heterocycles. The van der Waals surface area contributed by atoms with Crippen molar-refractivity contribution in [3.05, 3.63) is 24.3 Å². The number of nitrogens with one attached hydrogen (secondary N) is 1. The molecule has 0 aromatic heterocycles. The molecule has 1 aromatic rings. The quantitative estimate of drug-likeness (QED) is 0.879. The molecule has 8 heteroatoms. The molecule has 0 saturated carbocycles. The van der Waals surface area contributed by atoms with Gasteiger partial charge in [-0.05, 0) is 18.6 Å². The highest BCUT2D eigenvalue weighted by molar-refractivity contribution is 7.91. The average molecular weight is 318 g/mol. The maximum atomic E-state index is 12.6. The van der Waals surface area contributed by atoms with Gasteiger partial charge in [0.2, 0.25) is 10.0 Å². The highest BCUT2D eigenvalue weighted by atomic mass is 32.2. The number of rotatable bonds is 3. The van der Waals surface area contributed by atoms with Gasteiger partial charge in [-0.3, -0.25) is 0 Å². The number of anilines is 1. The van der Waals surface area contributed by atoms with Crippen LogP contribution >= 0.6 is 0 Å². The Morgan fingerprint density at radius 1 is 1.15 bits per heavy atom. The Morgan fingerprint density at radius 2 is 1.85 bits per heavy atom. The van der Waals surface area contributed by atoms with E-state index in [9.17, 15) is 16.8 Å². The van der Waals surface area contributed by atoms with Crippen LogP contribution in [0.4, 0.5) is 5.69 Å². The van der Waals surface area contributed by atoms with Gasteiger partial charge in [-0.15, -0.1) is 0 Å². The fourth-order valence-corrected chi connectivity index (χ4v) is 5.26. The zero-order chi connectivity index (χ0) is 14.8. The van der Waals surface area contributed by atoms with E-state index in [0.29, 0.717) is 12.1 Å². The molecule has 112 valence electrons. The third kappa shape index (κ3) is 3.13. The maximum absolute atomic E-state index is 12.6. The molecular weight excluding hydrogens is 300 g/mol. The Bertz CT molecular complexity index is 683. The molecule has 6 nitrogen and oxygen atoms in total. The van der Waals surface area contributed by atoms with Crippen LogP contribution in [0.1, 0.15) is 6.42 Å². The molecular formula is C12H18N2O4S2. The van der Waals surface area contributed by atoms with E-state index in [4.69, 9.17) is 0 Å². The predicted octanol–water partition coefficient (Wildman–Crippen LogP) is 0.537. The topological polar surface area (TPSA) is 83.6 Å². The molecule has 1 aliphatic rings. The summed E-state index contributed by atoms with van der Waals surface area (Å²) in [6.07, 6.45) is 0.337. The molecule has 20 heavy (non-hydrogen) atoms. The Kier molecular flexibility index (Phi) is 4.36. The fraction of sp³-hybridized carbons (Fsp3) is 0.500. The first-order valence-corrected chi connectivity index (χ1v) is 9.60. The molecule has 0 atom stereocenters. The summed E-state index contributed by atoms with van der Waals surface area (Å²) in [5.74, 6) is -0.0688. The lowest BCUT2D eigenvalue weighted by Crippen LogP contribution is -2.34. The molecule has 0 aliphatic carbocycles. The molecule has 0 amide bonds. The standard InChI is InChI=1S/C12H18N2O4S2/c1-13-11-5-2-3-6-12(11)20(17,18)14-7-4-9-19(15,16)10-8-14/h2-3,5-6,13H,4,7-10H2,1H3. The van der Waals surface area contributed by atoms with Crippen LogP contribution in [0.25, 0.3) is 0 Å². The molecule has 1 N–H and O–H groups in total. The minimum Gasteiger partial charge on any atom is -0.387 e. The zero-order valence-corrected chi connectivity index (χ0v) is 12.9. The van der Waals surface area contributed by atoms with Gasteiger partial charge in [0.25, 0.3) is 0 Å². The summed E-state index contributed by atoms with van der Waals surface area (Å²) in [5.41, 5.74) is 0.514.